The highest BCUT2D eigenvalue weighted by atomic mass is 32.1. The van der Waals surface area contributed by atoms with E-state index in [1.807, 2.05) is 45.0 Å². The Kier molecular flexibility index (Phi) is 8.01. The number of nitrogens with two attached hydrogens (primary N) is 1. The summed E-state index contributed by atoms with van der Waals surface area (Å²) in [6.45, 7) is 9.85. The average Bonchev–Trinajstić information content (AvgIpc) is 2.62. The Bertz CT molecular complexity index is 697. The number of piperazine rings is 1. The maximum Gasteiger partial charge on any atom is 0.410 e. The molecular weight excluding hydrogens is 378 g/mol. The molecule has 1 aliphatic heterocycles. The predicted octanol–water partition coefficient (Wildman–Crippen LogP) is 1.79. The van der Waals surface area contributed by atoms with E-state index in [4.69, 9.17) is 27.4 Å². The maximum absolute atomic E-state index is 12.1. The number of hydrazone groups is 1. The molecule has 154 valence electrons. The van der Waals surface area contributed by atoms with Crippen LogP contribution >= 0.6 is 12.2 Å². The van der Waals surface area contributed by atoms with Gasteiger partial charge in [0.1, 0.15) is 18.0 Å². The number of nitrogens with zero attached hydrogens (tertiary/aromatic N) is 3. The molecule has 1 aromatic rings. The molecule has 1 fully saturated rings. The fourth-order valence-corrected chi connectivity index (χ4v) is 2.70. The van der Waals surface area contributed by atoms with Crippen molar-refractivity contribution >= 4 is 29.6 Å². The van der Waals surface area contributed by atoms with Gasteiger partial charge in [-0.25, -0.2) is 4.79 Å². The van der Waals surface area contributed by atoms with E-state index in [9.17, 15) is 4.79 Å². The average molecular weight is 408 g/mol. The van der Waals surface area contributed by atoms with Gasteiger partial charge in [0.2, 0.25) is 0 Å². The van der Waals surface area contributed by atoms with Crippen molar-refractivity contribution < 1.29 is 14.3 Å². The Morgan fingerprint density at radius 3 is 2.61 bits per heavy atom. The van der Waals surface area contributed by atoms with Crippen LogP contribution < -0.4 is 15.9 Å². The Hall–Kier alpha value is -2.39. The lowest BCUT2D eigenvalue weighted by molar-refractivity contribution is 0.0137. The van der Waals surface area contributed by atoms with Crippen molar-refractivity contribution in [1.29, 1.82) is 0 Å². The third kappa shape index (κ3) is 7.69. The monoisotopic (exact) mass is 407 g/mol. The number of carbonyl (C=O) groups excluding carboxylic acids is 1. The molecule has 1 aliphatic rings. The topological polar surface area (TPSA) is 92.4 Å². The van der Waals surface area contributed by atoms with Gasteiger partial charge in [0, 0.05) is 38.3 Å². The fraction of sp³-hybridized carbons (Fsp3) is 0.526. The molecule has 9 heteroatoms. The van der Waals surface area contributed by atoms with Crippen LogP contribution in [0.5, 0.6) is 5.75 Å². The van der Waals surface area contributed by atoms with Gasteiger partial charge < -0.3 is 20.1 Å². The summed E-state index contributed by atoms with van der Waals surface area (Å²) in [5, 5.41) is 4.08. The third-order valence-electron chi connectivity index (χ3n) is 3.99. The third-order valence-corrected chi connectivity index (χ3v) is 4.08. The molecular formula is C19H29N5O3S. The maximum atomic E-state index is 12.1. The summed E-state index contributed by atoms with van der Waals surface area (Å²) in [5.41, 5.74) is 8.25. The number of amides is 1. The first-order chi connectivity index (χ1) is 13.2. The second-order valence-electron chi connectivity index (χ2n) is 7.43. The van der Waals surface area contributed by atoms with E-state index in [-0.39, 0.29) is 11.2 Å². The van der Waals surface area contributed by atoms with E-state index >= 15 is 0 Å². The molecule has 3 N–H and O–H groups in total. The quantitative estimate of drug-likeness (QED) is 0.422. The zero-order chi connectivity index (χ0) is 20.6. The van der Waals surface area contributed by atoms with Crippen molar-refractivity contribution in [3.63, 3.8) is 0 Å². The predicted molar refractivity (Wildman–Crippen MR) is 114 cm³/mol. The molecule has 0 saturated carbocycles. The number of para-hydroxylation sites is 1. The van der Waals surface area contributed by atoms with Crippen LogP contribution in [0.2, 0.25) is 0 Å². The molecule has 0 aliphatic carbocycles. The summed E-state index contributed by atoms with van der Waals surface area (Å²) in [4.78, 5) is 16.1. The van der Waals surface area contributed by atoms with Crippen LogP contribution in [0, 0.1) is 0 Å². The lowest BCUT2D eigenvalue weighted by atomic mass is 10.2. The number of thiocarbonyl (C=S) groups is 1. The van der Waals surface area contributed by atoms with E-state index in [0.717, 1.165) is 30.9 Å². The van der Waals surface area contributed by atoms with Gasteiger partial charge in [-0.1, -0.05) is 12.1 Å². The van der Waals surface area contributed by atoms with E-state index < -0.39 is 5.60 Å². The number of benzene rings is 1. The summed E-state index contributed by atoms with van der Waals surface area (Å²) >= 11 is 4.72. The smallest absolute Gasteiger partial charge is 0.410 e. The highest BCUT2D eigenvalue weighted by Gasteiger charge is 2.25. The van der Waals surface area contributed by atoms with Crippen molar-refractivity contribution in [2.45, 2.75) is 26.4 Å². The van der Waals surface area contributed by atoms with Gasteiger partial charge in [0.25, 0.3) is 0 Å². The van der Waals surface area contributed by atoms with Crippen LogP contribution in [0.1, 0.15) is 26.3 Å². The van der Waals surface area contributed by atoms with Gasteiger partial charge in [-0.15, -0.1) is 0 Å². The van der Waals surface area contributed by atoms with Crippen molar-refractivity contribution in [1.82, 2.24) is 15.2 Å². The van der Waals surface area contributed by atoms with Crippen molar-refractivity contribution in [3.8, 4) is 5.75 Å². The van der Waals surface area contributed by atoms with Crippen molar-refractivity contribution in [2.24, 2.45) is 10.8 Å². The first-order valence-electron chi connectivity index (χ1n) is 9.25. The van der Waals surface area contributed by atoms with Gasteiger partial charge in [-0.05, 0) is 45.1 Å². The van der Waals surface area contributed by atoms with E-state index in [2.05, 4.69) is 15.4 Å². The normalized spacial score (nSPS) is 15.5. The number of nitrogens with one attached hydrogen (secondary N) is 1. The van der Waals surface area contributed by atoms with Crippen LogP contribution in [0.25, 0.3) is 0 Å². The summed E-state index contributed by atoms with van der Waals surface area (Å²) in [7, 11) is 0. The number of carbonyl (C=O) groups is 1. The van der Waals surface area contributed by atoms with Gasteiger partial charge in [0.05, 0.1) is 6.21 Å². The molecule has 1 aromatic carbocycles. The van der Waals surface area contributed by atoms with Crippen molar-refractivity contribution in [3.05, 3.63) is 29.8 Å². The van der Waals surface area contributed by atoms with Crippen LogP contribution in [-0.4, -0.2) is 72.2 Å². The minimum Gasteiger partial charge on any atom is -0.492 e. The van der Waals surface area contributed by atoms with Crippen molar-refractivity contribution in [2.75, 3.05) is 39.3 Å². The van der Waals surface area contributed by atoms with Crippen LogP contribution in [0.15, 0.2) is 29.4 Å². The van der Waals surface area contributed by atoms with Gasteiger partial charge in [-0.2, -0.15) is 5.10 Å². The minimum absolute atomic E-state index is 0.111. The molecule has 1 amide bonds. The second kappa shape index (κ2) is 10.2. The summed E-state index contributed by atoms with van der Waals surface area (Å²) in [5.74, 6) is 0.739. The SMILES string of the molecule is CC(C)(C)OC(=O)N1CCN(CCOc2ccccc2C=NNC(N)=S)CC1. The van der Waals surface area contributed by atoms with E-state index in [0.29, 0.717) is 19.7 Å². The largest absolute Gasteiger partial charge is 0.492 e. The van der Waals surface area contributed by atoms with Gasteiger partial charge >= 0.3 is 6.09 Å². The molecule has 28 heavy (non-hydrogen) atoms. The van der Waals surface area contributed by atoms with Gasteiger partial charge in [0.15, 0.2) is 5.11 Å². The van der Waals surface area contributed by atoms with Crippen LogP contribution in [0.3, 0.4) is 0 Å². The fourth-order valence-electron chi connectivity index (χ4n) is 2.65. The number of hydrogen-bond donors (Lipinski definition) is 2. The Morgan fingerprint density at radius 2 is 1.96 bits per heavy atom. The Labute approximate surface area is 171 Å². The first kappa shape index (κ1) is 21.9. The molecule has 0 bridgehead atoms. The van der Waals surface area contributed by atoms with Gasteiger partial charge in [-0.3, -0.25) is 10.3 Å². The lowest BCUT2D eigenvalue weighted by Gasteiger charge is -2.35. The molecule has 0 atom stereocenters. The number of ether oxygens (including phenoxy) is 2. The van der Waals surface area contributed by atoms with Crippen LogP contribution in [0.4, 0.5) is 4.79 Å². The highest BCUT2D eigenvalue weighted by molar-refractivity contribution is 7.80. The standard InChI is InChI=1S/C19H29N5O3S/c1-19(2,3)27-18(25)24-10-8-23(9-11-24)12-13-26-16-7-5-4-6-15(16)14-21-22-17(20)28/h4-7,14H,8-13H2,1-3H3,(H3,20,22,28). The molecule has 0 spiro atoms. The lowest BCUT2D eigenvalue weighted by Crippen LogP contribution is -2.50. The Balaban J connectivity index is 1.76. The van der Waals surface area contributed by atoms with Crippen LogP contribution in [-0.2, 0) is 4.74 Å². The molecule has 1 heterocycles. The zero-order valence-corrected chi connectivity index (χ0v) is 17.5. The minimum atomic E-state index is -0.469. The molecule has 0 unspecified atom stereocenters. The summed E-state index contributed by atoms with van der Waals surface area (Å²) in [6.07, 6.45) is 1.37. The number of hydrogen-bond acceptors (Lipinski definition) is 6. The number of rotatable bonds is 6. The highest BCUT2D eigenvalue weighted by Crippen LogP contribution is 2.16. The molecule has 0 radical (unpaired) electrons. The van der Waals surface area contributed by atoms with E-state index in [1.165, 1.54) is 0 Å². The Morgan fingerprint density at radius 1 is 1.29 bits per heavy atom. The molecule has 2 rings (SSSR count). The van der Waals surface area contributed by atoms with E-state index in [1.54, 1.807) is 11.1 Å². The molecule has 8 nitrogen and oxygen atoms in total. The summed E-state index contributed by atoms with van der Waals surface area (Å²) in [6, 6.07) is 7.61. The zero-order valence-electron chi connectivity index (χ0n) is 16.7. The summed E-state index contributed by atoms with van der Waals surface area (Å²) < 4.78 is 11.3. The first-order valence-corrected chi connectivity index (χ1v) is 9.66. The molecule has 0 aromatic heterocycles. The molecule has 1 saturated heterocycles. The second-order valence-corrected chi connectivity index (χ2v) is 7.87.